The molecule has 146 valence electrons. The first-order valence-corrected chi connectivity index (χ1v) is 10.4. The Morgan fingerprint density at radius 2 is 1.46 bits per heavy atom. The lowest BCUT2D eigenvalue weighted by Gasteiger charge is -2.32. The monoisotopic (exact) mass is 376 g/mol. The molecular formula is C24H28N2O2. The summed E-state index contributed by atoms with van der Waals surface area (Å²) in [4.78, 5) is 26.8. The van der Waals surface area contributed by atoms with Crippen LogP contribution in [0.2, 0.25) is 0 Å². The van der Waals surface area contributed by atoms with E-state index in [4.69, 9.17) is 0 Å². The van der Waals surface area contributed by atoms with Crippen LogP contribution in [0, 0.1) is 11.8 Å². The fourth-order valence-electron chi connectivity index (χ4n) is 3.96. The number of carbonyl (C=O) groups is 2. The van der Waals surface area contributed by atoms with Crippen molar-refractivity contribution in [1.82, 2.24) is 10.2 Å². The number of nitrogens with one attached hydrogen (secondary N) is 1. The minimum atomic E-state index is -0.0246. The van der Waals surface area contributed by atoms with E-state index in [9.17, 15) is 9.59 Å². The third-order valence-corrected chi connectivity index (χ3v) is 5.98. The van der Waals surface area contributed by atoms with Crippen molar-refractivity contribution >= 4 is 11.8 Å². The molecule has 1 saturated heterocycles. The van der Waals surface area contributed by atoms with Crippen molar-refractivity contribution in [2.24, 2.45) is 11.8 Å². The van der Waals surface area contributed by atoms with Gasteiger partial charge in [-0.05, 0) is 49.3 Å². The van der Waals surface area contributed by atoms with Crippen LogP contribution >= 0.6 is 0 Å². The van der Waals surface area contributed by atoms with Crippen molar-refractivity contribution in [2.45, 2.75) is 38.6 Å². The molecule has 0 aromatic heterocycles. The second kappa shape index (κ2) is 8.17. The molecule has 2 aromatic rings. The zero-order chi connectivity index (χ0) is 19.5. The van der Waals surface area contributed by atoms with Crippen LogP contribution < -0.4 is 5.32 Å². The third kappa shape index (κ3) is 4.27. The molecule has 4 heteroatoms. The van der Waals surface area contributed by atoms with Gasteiger partial charge in [0.2, 0.25) is 11.8 Å². The highest BCUT2D eigenvalue weighted by atomic mass is 16.2. The van der Waals surface area contributed by atoms with Gasteiger partial charge >= 0.3 is 0 Å². The van der Waals surface area contributed by atoms with E-state index in [1.54, 1.807) is 0 Å². The Morgan fingerprint density at radius 1 is 0.857 bits per heavy atom. The maximum atomic E-state index is 12.7. The van der Waals surface area contributed by atoms with Gasteiger partial charge in [-0.3, -0.25) is 9.59 Å². The summed E-state index contributed by atoms with van der Waals surface area (Å²) >= 11 is 0. The maximum absolute atomic E-state index is 12.7. The summed E-state index contributed by atoms with van der Waals surface area (Å²) in [5.74, 6) is 0.683. The molecule has 1 aliphatic carbocycles. The summed E-state index contributed by atoms with van der Waals surface area (Å²) < 4.78 is 0. The Labute approximate surface area is 166 Å². The van der Waals surface area contributed by atoms with Crippen molar-refractivity contribution in [1.29, 1.82) is 0 Å². The van der Waals surface area contributed by atoms with Gasteiger partial charge in [-0.1, -0.05) is 54.6 Å². The smallest absolute Gasteiger partial charge is 0.225 e. The number of rotatable bonds is 5. The standard InChI is InChI=1S/C24H28N2O2/c1-17(18-7-9-20(10-8-18)19-5-3-2-4-6-19)25-23(27)21-13-15-26(16-14-21)24(28)22-11-12-22/h2-10,17,21-22H,11-16H2,1H3,(H,25,27)/t17-/m1/s1. The molecule has 1 saturated carbocycles. The second-order valence-corrected chi connectivity index (χ2v) is 8.09. The molecule has 1 atom stereocenters. The normalized spacial score (nSPS) is 18.5. The third-order valence-electron chi connectivity index (χ3n) is 5.98. The van der Waals surface area contributed by atoms with E-state index >= 15 is 0 Å². The van der Waals surface area contributed by atoms with E-state index in [1.807, 2.05) is 30.0 Å². The van der Waals surface area contributed by atoms with Crippen LogP contribution in [0.15, 0.2) is 54.6 Å². The molecule has 2 amide bonds. The Kier molecular flexibility index (Phi) is 5.47. The molecule has 1 heterocycles. The van der Waals surface area contributed by atoms with Crippen LogP contribution in [0.3, 0.4) is 0 Å². The number of hydrogen-bond donors (Lipinski definition) is 1. The molecule has 4 nitrogen and oxygen atoms in total. The molecule has 0 radical (unpaired) electrons. The first-order chi connectivity index (χ1) is 13.6. The number of likely N-dealkylation sites (tertiary alicyclic amines) is 1. The molecule has 0 bridgehead atoms. The summed E-state index contributed by atoms with van der Waals surface area (Å²) in [6, 6.07) is 18.6. The van der Waals surface area contributed by atoms with Crippen LogP contribution in [0.5, 0.6) is 0 Å². The number of nitrogens with zero attached hydrogens (tertiary/aromatic N) is 1. The average molecular weight is 376 g/mol. The quantitative estimate of drug-likeness (QED) is 0.851. The zero-order valence-electron chi connectivity index (χ0n) is 16.4. The summed E-state index contributed by atoms with van der Waals surface area (Å²) in [6.45, 7) is 3.46. The van der Waals surface area contributed by atoms with Gasteiger partial charge in [0, 0.05) is 24.9 Å². The summed E-state index contributed by atoms with van der Waals surface area (Å²) in [5, 5.41) is 3.16. The molecular weight excluding hydrogens is 348 g/mol. The fourth-order valence-corrected chi connectivity index (χ4v) is 3.96. The van der Waals surface area contributed by atoms with Crippen molar-refractivity contribution in [3.05, 3.63) is 60.2 Å². The van der Waals surface area contributed by atoms with Crippen LogP contribution in [-0.2, 0) is 9.59 Å². The van der Waals surface area contributed by atoms with E-state index in [0.29, 0.717) is 19.0 Å². The van der Waals surface area contributed by atoms with E-state index < -0.39 is 0 Å². The average Bonchev–Trinajstić information content (AvgIpc) is 3.59. The Balaban J connectivity index is 1.30. The largest absolute Gasteiger partial charge is 0.349 e. The van der Waals surface area contributed by atoms with Crippen molar-refractivity contribution in [2.75, 3.05) is 13.1 Å². The number of piperidine rings is 1. The molecule has 1 aliphatic heterocycles. The fraction of sp³-hybridized carbons (Fsp3) is 0.417. The van der Waals surface area contributed by atoms with Gasteiger partial charge in [0.25, 0.3) is 0 Å². The van der Waals surface area contributed by atoms with E-state index in [0.717, 1.165) is 31.2 Å². The number of amides is 2. The van der Waals surface area contributed by atoms with Crippen molar-refractivity contribution in [3.63, 3.8) is 0 Å². The zero-order valence-corrected chi connectivity index (χ0v) is 16.4. The van der Waals surface area contributed by atoms with Gasteiger partial charge in [-0.15, -0.1) is 0 Å². The second-order valence-electron chi connectivity index (χ2n) is 8.09. The molecule has 0 spiro atoms. The van der Waals surface area contributed by atoms with Gasteiger partial charge in [0.05, 0.1) is 6.04 Å². The lowest BCUT2D eigenvalue weighted by molar-refractivity contribution is -0.136. The van der Waals surface area contributed by atoms with E-state index in [2.05, 4.69) is 41.7 Å². The number of carbonyl (C=O) groups excluding carboxylic acids is 2. The molecule has 28 heavy (non-hydrogen) atoms. The van der Waals surface area contributed by atoms with Crippen LogP contribution in [0.25, 0.3) is 11.1 Å². The molecule has 2 fully saturated rings. The molecule has 2 aromatic carbocycles. The molecule has 1 N–H and O–H groups in total. The van der Waals surface area contributed by atoms with Gasteiger partial charge < -0.3 is 10.2 Å². The predicted octanol–water partition coefficient (Wildman–Crippen LogP) is 4.18. The van der Waals surface area contributed by atoms with Gasteiger partial charge in [-0.2, -0.15) is 0 Å². The molecule has 4 rings (SSSR count). The topological polar surface area (TPSA) is 49.4 Å². The summed E-state index contributed by atoms with van der Waals surface area (Å²) in [5.41, 5.74) is 3.48. The van der Waals surface area contributed by atoms with Gasteiger partial charge in [-0.25, -0.2) is 0 Å². The highest BCUT2D eigenvalue weighted by Crippen LogP contribution is 2.32. The first kappa shape index (κ1) is 18.7. The Hall–Kier alpha value is -2.62. The van der Waals surface area contributed by atoms with E-state index in [-0.39, 0.29) is 23.8 Å². The summed E-state index contributed by atoms with van der Waals surface area (Å²) in [6.07, 6.45) is 3.62. The Bertz CT molecular complexity index is 819. The first-order valence-electron chi connectivity index (χ1n) is 10.4. The van der Waals surface area contributed by atoms with Crippen LogP contribution in [0.4, 0.5) is 0 Å². The molecule has 2 aliphatic rings. The number of benzene rings is 2. The number of hydrogen-bond acceptors (Lipinski definition) is 2. The van der Waals surface area contributed by atoms with Crippen molar-refractivity contribution in [3.8, 4) is 11.1 Å². The summed E-state index contributed by atoms with van der Waals surface area (Å²) in [7, 11) is 0. The minimum absolute atomic E-state index is 0.00861. The Morgan fingerprint density at radius 3 is 2.07 bits per heavy atom. The van der Waals surface area contributed by atoms with Crippen LogP contribution in [-0.4, -0.2) is 29.8 Å². The van der Waals surface area contributed by atoms with Crippen LogP contribution in [0.1, 0.15) is 44.2 Å². The predicted molar refractivity (Wildman–Crippen MR) is 110 cm³/mol. The van der Waals surface area contributed by atoms with Gasteiger partial charge in [0.1, 0.15) is 0 Å². The lowest BCUT2D eigenvalue weighted by Crippen LogP contribution is -2.43. The minimum Gasteiger partial charge on any atom is -0.349 e. The highest BCUT2D eigenvalue weighted by Gasteiger charge is 2.36. The van der Waals surface area contributed by atoms with Crippen molar-refractivity contribution < 1.29 is 9.59 Å². The maximum Gasteiger partial charge on any atom is 0.225 e. The SMILES string of the molecule is C[C@@H](NC(=O)C1CCN(C(=O)C2CC2)CC1)c1ccc(-c2ccccc2)cc1. The van der Waals surface area contributed by atoms with E-state index in [1.165, 1.54) is 11.1 Å². The molecule has 0 unspecified atom stereocenters. The lowest BCUT2D eigenvalue weighted by atomic mass is 9.94. The highest BCUT2D eigenvalue weighted by molar-refractivity contribution is 5.82. The van der Waals surface area contributed by atoms with Gasteiger partial charge in [0.15, 0.2) is 0 Å².